The topological polar surface area (TPSA) is 49.8 Å². The number of hydrogen-bond donors (Lipinski definition) is 2. The van der Waals surface area contributed by atoms with Gasteiger partial charge in [-0.2, -0.15) is 0 Å². The van der Waals surface area contributed by atoms with Crippen molar-refractivity contribution >= 4 is 27.2 Å². The summed E-state index contributed by atoms with van der Waals surface area (Å²) in [6.07, 6.45) is 6.03. The summed E-state index contributed by atoms with van der Waals surface area (Å²) in [7, 11) is 0. The van der Waals surface area contributed by atoms with Crippen LogP contribution >= 0.6 is 11.3 Å². The SMILES string of the molecule is c1cc2ccc(-c3cncc(NC4CCCNC4)n3)cc2s1. The smallest absolute Gasteiger partial charge is 0.145 e. The predicted octanol–water partition coefficient (Wildman–Crippen LogP) is 3.52. The van der Waals surface area contributed by atoms with E-state index in [2.05, 4.69) is 45.3 Å². The third-order valence-corrected chi connectivity index (χ3v) is 4.92. The summed E-state index contributed by atoms with van der Waals surface area (Å²) < 4.78 is 1.29. The second-order valence-corrected chi connectivity index (χ2v) is 6.60. The van der Waals surface area contributed by atoms with Crippen molar-refractivity contribution in [2.24, 2.45) is 0 Å². The predicted molar refractivity (Wildman–Crippen MR) is 92.4 cm³/mol. The zero-order chi connectivity index (χ0) is 14.8. The van der Waals surface area contributed by atoms with Crippen LogP contribution in [0, 0.1) is 0 Å². The highest BCUT2D eigenvalue weighted by molar-refractivity contribution is 7.17. The third kappa shape index (κ3) is 2.82. The van der Waals surface area contributed by atoms with E-state index in [0.29, 0.717) is 6.04 Å². The molecule has 112 valence electrons. The number of anilines is 1. The van der Waals surface area contributed by atoms with Crippen molar-refractivity contribution in [1.29, 1.82) is 0 Å². The molecule has 0 bridgehead atoms. The molecule has 1 aromatic carbocycles. The summed E-state index contributed by atoms with van der Waals surface area (Å²) >= 11 is 1.76. The summed E-state index contributed by atoms with van der Waals surface area (Å²) in [5.41, 5.74) is 2.04. The van der Waals surface area contributed by atoms with E-state index < -0.39 is 0 Å². The number of fused-ring (bicyclic) bond motifs is 1. The van der Waals surface area contributed by atoms with Crippen molar-refractivity contribution in [1.82, 2.24) is 15.3 Å². The van der Waals surface area contributed by atoms with Crippen LogP contribution in [0.4, 0.5) is 5.82 Å². The Morgan fingerprint density at radius 3 is 3.14 bits per heavy atom. The number of aromatic nitrogens is 2. The third-order valence-electron chi connectivity index (χ3n) is 4.04. The van der Waals surface area contributed by atoms with Crippen LogP contribution in [-0.4, -0.2) is 29.1 Å². The normalized spacial score (nSPS) is 18.5. The first-order chi connectivity index (χ1) is 10.9. The van der Waals surface area contributed by atoms with Gasteiger partial charge < -0.3 is 10.6 Å². The minimum Gasteiger partial charge on any atom is -0.365 e. The lowest BCUT2D eigenvalue weighted by atomic mass is 10.1. The Morgan fingerprint density at radius 2 is 2.23 bits per heavy atom. The van der Waals surface area contributed by atoms with E-state index >= 15 is 0 Å². The number of nitrogens with one attached hydrogen (secondary N) is 2. The van der Waals surface area contributed by atoms with E-state index in [4.69, 9.17) is 4.98 Å². The molecule has 1 atom stereocenters. The number of benzene rings is 1. The Balaban J connectivity index is 1.60. The lowest BCUT2D eigenvalue weighted by molar-refractivity contribution is 0.479. The van der Waals surface area contributed by atoms with Gasteiger partial charge in [0.15, 0.2) is 0 Å². The molecular formula is C17H18N4S. The summed E-state index contributed by atoms with van der Waals surface area (Å²) in [6.45, 7) is 2.11. The van der Waals surface area contributed by atoms with E-state index in [1.54, 1.807) is 11.3 Å². The largest absolute Gasteiger partial charge is 0.365 e. The molecule has 1 unspecified atom stereocenters. The van der Waals surface area contributed by atoms with Gasteiger partial charge in [0, 0.05) is 22.8 Å². The van der Waals surface area contributed by atoms with Crippen LogP contribution in [0.2, 0.25) is 0 Å². The van der Waals surface area contributed by atoms with Crippen molar-refractivity contribution in [3.05, 3.63) is 42.0 Å². The van der Waals surface area contributed by atoms with E-state index in [0.717, 1.165) is 30.2 Å². The van der Waals surface area contributed by atoms with Crippen molar-refractivity contribution in [2.75, 3.05) is 18.4 Å². The Kier molecular flexibility index (Phi) is 3.74. The fourth-order valence-electron chi connectivity index (χ4n) is 2.87. The summed E-state index contributed by atoms with van der Waals surface area (Å²) in [4.78, 5) is 9.08. The first kappa shape index (κ1) is 13.7. The molecule has 4 nitrogen and oxygen atoms in total. The molecule has 0 spiro atoms. The zero-order valence-corrected chi connectivity index (χ0v) is 13.1. The van der Waals surface area contributed by atoms with Gasteiger partial charge in [0.2, 0.25) is 0 Å². The average molecular weight is 310 g/mol. The Morgan fingerprint density at radius 1 is 1.23 bits per heavy atom. The number of hydrogen-bond acceptors (Lipinski definition) is 5. The molecule has 1 fully saturated rings. The van der Waals surface area contributed by atoms with Crippen LogP contribution in [-0.2, 0) is 0 Å². The molecule has 3 heterocycles. The molecule has 22 heavy (non-hydrogen) atoms. The average Bonchev–Trinajstić information content (AvgIpc) is 3.04. The second kappa shape index (κ2) is 6.02. The maximum atomic E-state index is 4.73. The molecular weight excluding hydrogens is 292 g/mol. The van der Waals surface area contributed by atoms with Gasteiger partial charge in [-0.1, -0.05) is 12.1 Å². The van der Waals surface area contributed by atoms with E-state index in [9.17, 15) is 0 Å². The summed E-state index contributed by atoms with van der Waals surface area (Å²) in [5, 5.41) is 10.3. The van der Waals surface area contributed by atoms with Gasteiger partial charge in [-0.25, -0.2) is 4.98 Å². The minimum atomic E-state index is 0.443. The maximum absolute atomic E-state index is 4.73. The van der Waals surface area contributed by atoms with Crippen molar-refractivity contribution in [2.45, 2.75) is 18.9 Å². The molecule has 2 N–H and O–H groups in total. The van der Waals surface area contributed by atoms with Crippen LogP contribution in [0.15, 0.2) is 42.0 Å². The van der Waals surface area contributed by atoms with E-state index in [1.165, 1.54) is 22.9 Å². The van der Waals surface area contributed by atoms with E-state index in [-0.39, 0.29) is 0 Å². The van der Waals surface area contributed by atoms with Crippen LogP contribution < -0.4 is 10.6 Å². The molecule has 0 aliphatic carbocycles. The van der Waals surface area contributed by atoms with Gasteiger partial charge in [0.05, 0.1) is 18.1 Å². The Hall–Kier alpha value is -1.98. The standard InChI is InChI=1S/C17H18N4S/c1-2-14(9-18-6-1)20-17-11-19-10-15(21-17)13-4-3-12-5-7-22-16(12)8-13/h3-5,7-8,10-11,14,18H,1-2,6,9H2,(H,20,21). The highest BCUT2D eigenvalue weighted by Gasteiger charge is 2.13. The second-order valence-electron chi connectivity index (χ2n) is 5.65. The van der Waals surface area contributed by atoms with Crippen molar-refractivity contribution < 1.29 is 0 Å². The van der Waals surface area contributed by atoms with Gasteiger partial charge in [0.25, 0.3) is 0 Å². The number of rotatable bonds is 3. The molecule has 1 aliphatic heterocycles. The Bertz CT molecular complexity index is 777. The van der Waals surface area contributed by atoms with Crippen molar-refractivity contribution in [3.63, 3.8) is 0 Å². The monoisotopic (exact) mass is 310 g/mol. The molecule has 3 aromatic rings. The first-order valence-corrected chi connectivity index (χ1v) is 8.53. The summed E-state index contributed by atoms with van der Waals surface area (Å²) in [6, 6.07) is 9.04. The molecule has 1 saturated heterocycles. The minimum absolute atomic E-state index is 0.443. The molecule has 0 amide bonds. The number of piperidine rings is 1. The molecule has 1 aliphatic rings. The van der Waals surface area contributed by atoms with Crippen LogP contribution in [0.1, 0.15) is 12.8 Å². The van der Waals surface area contributed by atoms with Crippen LogP contribution in [0.25, 0.3) is 21.3 Å². The molecule has 0 saturated carbocycles. The highest BCUT2D eigenvalue weighted by atomic mass is 32.1. The molecule has 2 aromatic heterocycles. The number of thiophene rings is 1. The maximum Gasteiger partial charge on any atom is 0.145 e. The zero-order valence-electron chi connectivity index (χ0n) is 12.2. The van der Waals surface area contributed by atoms with Gasteiger partial charge >= 0.3 is 0 Å². The van der Waals surface area contributed by atoms with Crippen LogP contribution in [0.5, 0.6) is 0 Å². The molecule has 0 radical (unpaired) electrons. The lowest BCUT2D eigenvalue weighted by Gasteiger charge is -2.24. The number of nitrogens with zero attached hydrogens (tertiary/aromatic N) is 2. The first-order valence-electron chi connectivity index (χ1n) is 7.65. The van der Waals surface area contributed by atoms with E-state index in [1.807, 2.05) is 12.4 Å². The van der Waals surface area contributed by atoms with Gasteiger partial charge in [-0.3, -0.25) is 4.98 Å². The lowest BCUT2D eigenvalue weighted by Crippen LogP contribution is -2.38. The Labute approximate surface area is 133 Å². The van der Waals surface area contributed by atoms with Gasteiger partial charge in [0.1, 0.15) is 5.82 Å². The molecule has 4 rings (SSSR count). The highest BCUT2D eigenvalue weighted by Crippen LogP contribution is 2.27. The van der Waals surface area contributed by atoms with Gasteiger partial charge in [-0.15, -0.1) is 11.3 Å². The van der Waals surface area contributed by atoms with Crippen molar-refractivity contribution in [3.8, 4) is 11.3 Å². The summed E-state index contributed by atoms with van der Waals surface area (Å²) in [5.74, 6) is 0.859. The quantitative estimate of drug-likeness (QED) is 0.777. The molecule has 5 heteroatoms. The fraction of sp³-hybridized carbons (Fsp3) is 0.294. The fourth-order valence-corrected chi connectivity index (χ4v) is 3.70. The van der Waals surface area contributed by atoms with Gasteiger partial charge in [-0.05, 0) is 42.3 Å². The van der Waals surface area contributed by atoms with Crippen LogP contribution in [0.3, 0.4) is 0 Å².